The number of nitrogens with one attached hydrogen (secondary N) is 1. The summed E-state index contributed by atoms with van der Waals surface area (Å²) in [5, 5.41) is 8.35. The van der Waals surface area contributed by atoms with Crippen molar-refractivity contribution >= 4 is 11.6 Å². The number of aromatic nitrogens is 2. The van der Waals surface area contributed by atoms with Gasteiger partial charge in [0.1, 0.15) is 5.75 Å². The first-order valence-corrected chi connectivity index (χ1v) is 9.75. The van der Waals surface area contributed by atoms with Gasteiger partial charge in [-0.2, -0.15) is 5.10 Å². The molecule has 0 aliphatic carbocycles. The van der Waals surface area contributed by atoms with Gasteiger partial charge in [0.05, 0.1) is 13.3 Å². The van der Waals surface area contributed by atoms with Crippen LogP contribution in [-0.4, -0.2) is 35.3 Å². The molecular formula is C22H24ClN3O. The Labute approximate surface area is 165 Å². The lowest BCUT2D eigenvalue weighted by Gasteiger charge is -2.32. The van der Waals surface area contributed by atoms with Gasteiger partial charge in [-0.15, -0.1) is 0 Å². The largest absolute Gasteiger partial charge is 0.497 e. The Hall–Kier alpha value is -2.30. The molecular weight excluding hydrogens is 358 g/mol. The van der Waals surface area contributed by atoms with Gasteiger partial charge in [0, 0.05) is 35.3 Å². The van der Waals surface area contributed by atoms with Gasteiger partial charge in [0.15, 0.2) is 0 Å². The molecule has 1 saturated heterocycles. The van der Waals surface area contributed by atoms with E-state index >= 15 is 0 Å². The quantitative estimate of drug-likeness (QED) is 0.667. The Morgan fingerprint density at radius 2 is 1.93 bits per heavy atom. The van der Waals surface area contributed by atoms with Gasteiger partial charge in [-0.1, -0.05) is 35.9 Å². The molecule has 2 aromatic carbocycles. The predicted octanol–water partition coefficient (Wildman–Crippen LogP) is 5.12. The van der Waals surface area contributed by atoms with Crippen LogP contribution in [0.3, 0.4) is 0 Å². The molecule has 1 fully saturated rings. The van der Waals surface area contributed by atoms with E-state index < -0.39 is 0 Å². The Morgan fingerprint density at radius 1 is 1.15 bits per heavy atom. The number of hydrogen-bond donors (Lipinski definition) is 1. The first-order chi connectivity index (χ1) is 13.2. The van der Waals surface area contributed by atoms with Crippen molar-refractivity contribution < 1.29 is 4.74 Å². The van der Waals surface area contributed by atoms with Gasteiger partial charge in [0.25, 0.3) is 0 Å². The highest BCUT2D eigenvalue weighted by Gasteiger charge is 2.25. The van der Waals surface area contributed by atoms with Crippen LogP contribution in [0, 0.1) is 0 Å². The first kappa shape index (κ1) is 18.1. The van der Waals surface area contributed by atoms with E-state index in [1.807, 2.05) is 30.5 Å². The second-order valence-electron chi connectivity index (χ2n) is 7.13. The zero-order valence-corrected chi connectivity index (χ0v) is 16.2. The molecule has 1 atom stereocenters. The zero-order chi connectivity index (χ0) is 18.6. The summed E-state index contributed by atoms with van der Waals surface area (Å²) in [6.07, 6.45) is 4.31. The molecule has 4 nitrogen and oxygen atoms in total. The third-order valence-corrected chi connectivity index (χ3v) is 5.56. The maximum atomic E-state index is 6.04. The molecule has 3 aromatic rings. The Kier molecular flexibility index (Phi) is 5.46. The standard InChI is InChI=1S/C22H24ClN3O/c1-27-20-10-4-16(5-11-20)14-26-12-2-3-18(15-26)22-21(13-24-25-22)17-6-8-19(23)9-7-17/h4-11,13,18H,2-3,12,14-15H2,1H3,(H,24,25)/t18-/m1/s1. The minimum Gasteiger partial charge on any atom is -0.497 e. The summed E-state index contributed by atoms with van der Waals surface area (Å²) >= 11 is 6.04. The number of H-pyrrole nitrogens is 1. The molecule has 4 rings (SSSR count). The molecule has 1 aliphatic rings. The third-order valence-electron chi connectivity index (χ3n) is 5.30. The van der Waals surface area contributed by atoms with E-state index in [9.17, 15) is 0 Å². The van der Waals surface area contributed by atoms with Gasteiger partial charge < -0.3 is 4.74 Å². The van der Waals surface area contributed by atoms with Gasteiger partial charge in [-0.3, -0.25) is 10.00 Å². The van der Waals surface area contributed by atoms with E-state index in [0.29, 0.717) is 5.92 Å². The number of nitrogens with zero attached hydrogens (tertiary/aromatic N) is 2. The fourth-order valence-electron chi connectivity index (χ4n) is 3.89. The van der Waals surface area contributed by atoms with E-state index in [4.69, 9.17) is 16.3 Å². The minimum absolute atomic E-state index is 0.463. The lowest BCUT2D eigenvalue weighted by atomic mass is 9.90. The van der Waals surface area contributed by atoms with Crippen molar-refractivity contribution in [1.82, 2.24) is 15.1 Å². The number of methoxy groups -OCH3 is 1. The van der Waals surface area contributed by atoms with E-state index in [1.165, 1.54) is 29.7 Å². The highest BCUT2D eigenvalue weighted by atomic mass is 35.5. The highest BCUT2D eigenvalue weighted by molar-refractivity contribution is 6.30. The highest BCUT2D eigenvalue weighted by Crippen LogP contribution is 2.33. The van der Waals surface area contributed by atoms with Crippen molar-refractivity contribution in [1.29, 1.82) is 0 Å². The molecule has 1 aliphatic heterocycles. The van der Waals surface area contributed by atoms with Crippen molar-refractivity contribution in [2.75, 3.05) is 20.2 Å². The fourth-order valence-corrected chi connectivity index (χ4v) is 4.02. The fraction of sp³-hybridized carbons (Fsp3) is 0.318. The average molecular weight is 382 g/mol. The number of piperidine rings is 1. The molecule has 1 N–H and O–H groups in total. The first-order valence-electron chi connectivity index (χ1n) is 9.37. The molecule has 1 aromatic heterocycles. The molecule has 0 bridgehead atoms. The topological polar surface area (TPSA) is 41.1 Å². The molecule has 0 radical (unpaired) electrons. The summed E-state index contributed by atoms with van der Waals surface area (Å²) in [5.74, 6) is 1.37. The molecule has 5 heteroatoms. The number of aromatic amines is 1. The lowest BCUT2D eigenvalue weighted by molar-refractivity contribution is 0.198. The maximum absolute atomic E-state index is 6.04. The van der Waals surface area contributed by atoms with Crippen LogP contribution < -0.4 is 4.74 Å². The van der Waals surface area contributed by atoms with Crippen molar-refractivity contribution in [3.63, 3.8) is 0 Å². The third kappa shape index (κ3) is 4.18. The number of likely N-dealkylation sites (tertiary alicyclic amines) is 1. The van der Waals surface area contributed by atoms with E-state index in [0.717, 1.165) is 36.0 Å². The lowest BCUT2D eigenvalue weighted by Crippen LogP contribution is -2.34. The van der Waals surface area contributed by atoms with Gasteiger partial charge in [-0.05, 0) is 54.8 Å². The average Bonchev–Trinajstić information content (AvgIpc) is 3.19. The van der Waals surface area contributed by atoms with Gasteiger partial charge in [-0.25, -0.2) is 0 Å². The van der Waals surface area contributed by atoms with E-state index in [1.54, 1.807) is 7.11 Å². The van der Waals surface area contributed by atoms with Crippen LogP contribution in [0.1, 0.15) is 30.0 Å². The number of benzene rings is 2. The Balaban J connectivity index is 1.48. The summed E-state index contributed by atoms with van der Waals surface area (Å²) in [6.45, 7) is 3.13. The Bertz CT molecular complexity index is 873. The minimum atomic E-state index is 0.463. The second-order valence-corrected chi connectivity index (χ2v) is 7.56. The molecule has 0 amide bonds. The summed E-state index contributed by atoms with van der Waals surface area (Å²) < 4.78 is 5.25. The zero-order valence-electron chi connectivity index (χ0n) is 15.5. The number of rotatable bonds is 5. The Morgan fingerprint density at radius 3 is 2.67 bits per heavy atom. The second kappa shape index (κ2) is 8.15. The van der Waals surface area contributed by atoms with Crippen LogP contribution in [0.4, 0.5) is 0 Å². The van der Waals surface area contributed by atoms with Crippen LogP contribution in [0.15, 0.2) is 54.7 Å². The smallest absolute Gasteiger partial charge is 0.118 e. The van der Waals surface area contributed by atoms with Crippen LogP contribution in [0.5, 0.6) is 5.75 Å². The van der Waals surface area contributed by atoms with E-state index in [2.05, 4.69) is 39.4 Å². The SMILES string of the molecule is COc1ccc(CN2CCC[C@@H](c3[nH]ncc3-c3ccc(Cl)cc3)C2)cc1. The summed E-state index contributed by atoms with van der Waals surface area (Å²) in [7, 11) is 1.70. The molecule has 0 unspecified atom stereocenters. The monoisotopic (exact) mass is 381 g/mol. The van der Waals surface area contributed by atoms with Crippen molar-refractivity contribution in [2.45, 2.75) is 25.3 Å². The van der Waals surface area contributed by atoms with Crippen LogP contribution in [0.2, 0.25) is 5.02 Å². The molecule has 0 saturated carbocycles. The van der Waals surface area contributed by atoms with Crippen molar-refractivity contribution in [2.24, 2.45) is 0 Å². The molecule has 140 valence electrons. The van der Waals surface area contributed by atoms with Crippen molar-refractivity contribution in [3.05, 3.63) is 71.0 Å². The maximum Gasteiger partial charge on any atom is 0.118 e. The molecule has 2 heterocycles. The summed E-state index contributed by atoms with van der Waals surface area (Å²) in [4.78, 5) is 2.53. The normalized spacial score (nSPS) is 17.8. The van der Waals surface area contributed by atoms with Gasteiger partial charge >= 0.3 is 0 Å². The van der Waals surface area contributed by atoms with Crippen LogP contribution in [-0.2, 0) is 6.54 Å². The summed E-state index contributed by atoms with van der Waals surface area (Å²) in [5.41, 5.74) is 4.90. The summed E-state index contributed by atoms with van der Waals surface area (Å²) in [6, 6.07) is 16.4. The van der Waals surface area contributed by atoms with Gasteiger partial charge in [0.2, 0.25) is 0 Å². The predicted molar refractivity (Wildman–Crippen MR) is 109 cm³/mol. The number of halogens is 1. The number of hydrogen-bond acceptors (Lipinski definition) is 3. The molecule has 0 spiro atoms. The van der Waals surface area contributed by atoms with Crippen LogP contribution in [0.25, 0.3) is 11.1 Å². The van der Waals surface area contributed by atoms with E-state index in [-0.39, 0.29) is 0 Å². The number of ether oxygens (including phenoxy) is 1. The van der Waals surface area contributed by atoms with Crippen LogP contribution >= 0.6 is 11.6 Å². The molecule has 27 heavy (non-hydrogen) atoms. The van der Waals surface area contributed by atoms with Crippen molar-refractivity contribution in [3.8, 4) is 16.9 Å².